The summed E-state index contributed by atoms with van der Waals surface area (Å²) in [5, 5.41) is 9.86. The lowest BCUT2D eigenvalue weighted by atomic mass is 10.0. The van der Waals surface area contributed by atoms with Crippen LogP contribution in [0.5, 0.6) is 5.75 Å². The number of carbonyl (C=O) groups is 2. The molecule has 1 N–H and O–H groups in total. The number of hydrogen-bond donors (Lipinski definition) is 1. The van der Waals surface area contributed by atoms with Crippen LogP contribution < -0.4 is 0 Å². The van der Waals surface area contributed by atoms with Crippen molar-refractivity contribution in [3.8, 4) is 5.75 Å². The van der Waals surface area contributed by atoms with Gasteiger partial charge in [0.15, 0.2) is 6.61 Å². The van der Waals surface area contributed by atoms with Gasteiger partial charge in [0.25, 0.3) is 5.91 Å². The van der Waals surface area contributed by atoms with Crippen LogP contribution in [-0.2, 0) is 16.1 Å². The summed E-state index contributed by atoms with van der Waals surface area (Å²) in [6.07, 6.45) is 0. The van der Waals surface area contributed by atoms with Gasteiger partial charge in [-0.05, 0) is 51.0 Å². The quantitative estimate of drug-likeness (QED) is 0.831. The predicted octanol–water partition coefficient (Wildman–Crippen LogP) is 3.68. The van der Waals surface area contributed by atoms with Crippen molar-refractivity contribution in [1.29, 1.82) is 0 Å². The number of benzene rings is 2. The van der Waals surface area contributed by atoms with Crippen LogP contribution in [0.15, 0.2) is 48.5 Å². The van der Waals surface area contributed by atoms with Gasteiger partial charge in [0, 0.05) is 12.1 Å². The number of phenolic OH excluding ortho intramolecular Hbond substituents is 1. The summed E-state index contributed by atoms with van der Waals surface area (Å²) >= 11 is 0. The summed E-state index contributed by atoms with van der Waals surface area (Å²) in [7, 11) is 0. The van der Waals surface area contributed by atoms with Crippen LogP contribution in [-0.4, -0.2) is 34.0 Å². The highest BCUT2D eigenvalue weighted by Gasteiger charge is 2.27. The summed E-state index contributed by atoms with van der Waals surface area (Å²) in [5.74, 6) is -1.16. The van der Waals surface area contributed by atoms with E-state index in [4.69, 9.17) is 4.74 Å². The molecule has 5 heteroatoms. The molecule has 0 aliphatic rings. The zero-order chi connectivity index (χ0) is 19.3. The molecule has 0 aliphatic heterocycles. The number of carbonyl (C=O) groups excluding carboxylic acids is 2. The molecule has 0 aliphatic carbocycles. The predicted molar refractivity (Wildman–Crippen MR) is 99.9 cm³/mol. The monoisotopic (exact) mass is 355 g/mol. The Labute approximate surface area is 154 Å². The third kappa shape index (κ3) is 5.09. The topological polar surface area (TPSA) is 66.8 Å². The Morgan fingerprint density at radius 3 is 2.31 bits per heavy atom. The van der Waals surface area contributed by atoms with Crippen LogP contribution in [0.4, 0.5) is 0 Å². The van der Waals surface area contributed by atoms with Crippen molar-refractivity contribution in [2.45, 2.75) is 39.8 Å². The van der Waals surface area contributed by atoms with Gasteiger partial charge in [0.05, 0.1) is 0 Å². The maximum atomic E-state index is 12.7. The SMILES string of the molecule is Cc1ccc(C(=O)OCC(=O)N(Cc2ccccc2)C(C)(C)C)c(O)c1. The Balaban J connectivity index is 2.06. The first-order valence-electron chi connectivity index (χ1n) is 8.49. The molecule has 0 bridgehead atoms. The average molecular weight is 355 g/mol. The molecule has 5 nitrogen and oxygen atoms in total. The first kappa shape index (κ1) is 19.5. The third-order valence-electron chi connectivity index (χ3n) is 3.99. The lowest BCUT2D eigenvalue weighted by molar-refractivity contribution is -0.140. The fraction of sp³-hybridized carbons (Fsp3) is 0.333. The minimum absolute atomic E-state index is 0.0498. The van der Waals surface area contributed by atoms with Gasteiger partial charge in [0.1, 0.15) is 11.3 Å². The van der Waals surface area contributed by atoms with Gasteiger partial charge < -0.3 is 14.7 Å². The van der Waals surface area contributed by atoms with Gasteiger partial charge in [-0.15, -0.1) is 0 Å². The second-order valence-corrected chi connectivity index (χ2v) is 7.23. The number of ether oxygens (including phenoxy) is 1. The lowest BCUT2D eigenvalue weighted by Crippen LogP contribution is -2.46. The van der Waals surface area contributed by atoms with Crippen LogP contribution in [0.1, 0.15) is 42.3 Å². The highest BCUT2D eigenvalue weighted by Crippen LogP contribution is 2.21. The maximum Gasteiger partial charge on any atom is 0.342 e. The van der Waals surface area contributed by atoms with E-state index in [0.717, 1.165) is 11.1 Å². The Morgan fingerprint density at radius 2 is 1.73 bits per heavy atom. The molecule has 2 aromatic rings. The molecular formula is C21H25NO4. The van der Waals surface area contributed by atoms with Crippen LogP contribution in [0.3, 0.4) is 0 Å². The molecule has 0 atom stereocenters. The Morgan fingerprint density at radius 1 is 1.08 bits per heavy atom. The van der Waals surface area contributed by atoms with E-state index >= 15 is 0 Å². The van der Waals surface area contributed by atoms with E-state index in [-0.39, 0.29) is 23.8 Å². The van der Waals surface area contributed by atoms with Gasteiger partial charge in [-0.3, -0.25) is 4.79 Å². The smallest absolute Gasteiger partial charge is 0.342 e. The highest BCUT2D eigenvalue weighted by atomic mass is 16.5. The normalized spacial score (nSPS) is 11.1. The molecule has 1 amide bonds. The van der Waals surface area contributed by atoms with E-state index in [1.807, 2.05) is 58.0 Å². The largest absolute Gasteiger partial charge is 0.507 e. The molecule has 0 heterocycles. The number of aryl methyl sites for hydroxylation is 1. The van der Waals surface area contributed by atoms with Crippen molar-refractivity contribution in [3.63, 3.8) is 0 Å². The van der Waals surface area contributed by atoms with Gasteiger partial charge in [-0.2, -0.15) is 0 Å². The van der Waals surface area contributed by atoms with Crippen molar-refractivity contribution < 1.29 is 19.4 Å². The molecule has 2 aromatic carbocycles. The number of amides is 1. The van der Waals surface area contributed by atoms with Crippen LogP contribution in [0.25, 0.3) is 0 Å². The van der Waals surface area contributed by atoms with E-state index in [1.54, 1.807) is 11.0 Å². The van der Waals surface area contributed by atoms with Crippen LogP contribution in [0, 0.1) is 6.92 Å². The molecule has 0 saturated carbocycles. The molecule has 0 spiro atoms. The average Bonchev–Trinajstić information content (AvgIpc) is 2.57. The molecule has 0 radical (unpaired) electrons. The fourth-order valence-electron chi connectivity index (χ4n) is 2.56. The summed E-state index contributed by atoms with van der Waals surface area (Å²) in [6, 6.07) is 14.3. The molecule has 2 rings (SSSR count). The zero-order valence-corrected chi connectivity index (χ0v) is 15.7. The molecular weight excluding hydrogens is 330 g/mol. The van der Waals surface area contributed by atoms with E-state index in [0.29, 0.717) is 6.54 Å². The van der Waals surface area contributed by atoms with Gasteiger partial charge in [-0.1, -0.05) is 36.4 Å². The standard InChI is InChI=1S/C21H25NO4/c1-15-10-11-17(18(23)12-15)20(25)26-14-19(24)22(21(2,3)4)13-16-8-6-5-7-9-16/h5-12,23H,13-14H2,1-4H3. The molecule has 138 valence electrons. The second-order valence-electron chi connectivity index (χ2n) is 7.23. The Bertz CT molecular complexity index is 778. The van der Waals surface area contributed by atoms with Gasteiger partial charge in [0.2, 0.25) is 0 Å². The van der Waals surface area contributed by atoms with Crippen molar-refractivity contribution in [2.24, 2.45) is 0 Å². The van der Waals surface area contributed by atoms with Crippen molar-refractivity contribution in [1.82, 2.24) is 4.90 Å². The number of rotatable bonds is 5. The highest BCUT2D eigenvalue weighted by molar-refractivity contribution is 5.94. The van der Waals surface area contributed by atoms with E-state index < -0.39 is 11.5 Å². The second kappa shape index (κ2) is 8.04. The summed E-state index contributed by atoms with van der Waals surface area (Å²) < 4.78 is 5.13. The van der Waals surface area contributed by atoms with Crippen LogP contribution in [0.2, 0.25) is 0 Å². The minimum atomic E-state index is -0.718. The van der Waals surface area contributed by atoms with Gasteiger partial charge >= 0.3 is 5.97 Å². The van der Waals surface area contributed by atoms with Gasteiger partial charge in [-0.25, -0.2) is 4.79 Å². The zero-order valence-electron chi connectivity index (χ0n) is 15.7. The molecule has 26 heavy (non-hydrogen) atoms. The summed E-state index contributed by atoms with van der Waals surface area (Å²) in [4.78, 5) is 26.5. The third-order valence-corrected chi connectivity index (χ3v) is 3.99. The number of phenols is 1. The van der Waals surface area contributed by atoms with Crippen molar-refractivity contribution in [3.05, 3.63) is 65.2 Å². The van der Waals surface area contributed by atoms with Crippen molar-refractivity contribution in [2.75, 3.05) is 6.61 Å². The Kier molecular flexibility index (Phi) is 6.03. The minimum Gasteiger partial charge on any atom is -0.507 e. The van der Waals surface area contributed by atoms with E-state index in [1.165, 1.54) is 12.1 Å². The first-order chi connectivity index (χ1) is 12.2. The number of aromatic hydroxyl groups is 1. The fourth-order valence-corrected chi connectivity index (χ4v) is 2.56. The van der Waals surface area contributed by atoms with Crippen molar-refractivity contribution >= 4 is 11.9 Å². The van der Waals surface area contributed by atoms with E-state index in [9.17, 15) is 14.7 Å². The number of esters is 1. The molecule has 0 unspecified atom stereocenters. The maximum absolute atomic E-state index is 12.7. The number of nitrogens with zero attached hydrogens (tertiary/aromatic N) is 1. The first-order valence-corrected chi connectivity index (χ1v) is 8.49. The summed E-state index contributed by atoms with van der Waals surface area (Å²) in [6.45, 7) is 7.65. The lowest BCUT2D eigenvalue weighted by Gasteiger charge is -2.35. The molecule has 0 saturated heterocycles. The molecule has 0 aromatic heterocycles. The van der Waals surface area contributed by atoms with Crippen LogP contribution >= 0.6 is 0 Å². The van der Waals surface area contributed by atoms with E-state index in [2.05, 4.69) is 0 Å². The Hall–Kier alpha value is -2.82. The molecule has 0 fully saturated rings. The number of hydrogen-bond acceptors (Lipinski definition) is 4. The summed E-state index contributed by atoms with van der Waals surface area (Å²) in [5.41, 5.74) is 1.45.